The summed E-state index contributed by atoms with van der Waals surface area (Å²) in [6, 6.07) is 32.9. The second kappa shape index (κ2) is 10.0. The third-order valence-corrected chi connectivity index (χ3v) is 6.50. The summed E-state index contributed by atoms with van der Waals surface area (Å²) in [5.74, 6) is 0. The molecule has 0 atom stereocenters. The Morgan fingerprint density at radius 2 is 1.45 bits per heavy atom. The van der Waals surface area contributed by atoms with Crippen LogP contribution in [0.5, 0.6) is 0 Å². The fourth-order valence-electron chi connectivity index (χ4n) is 4.61. The number of allylic oxidation sites excluding steroid dienone is 2. The number of rotatable bonds is 6. The molecule has 0 N–H and O–H groups in total. The molecule has 180 valence electrons. The van der Waals surface area contributed by atoms with E-state index in [1.165, 1.54) is 0 Å². The molecule has 0 aliphatic heterocycles. The Bertz CT molecular complexity index is 1910. The maximum Gasteiger partial charge on any atom is 0.0972 e. The molecule has 38 heavy (non-hydrogen) atoms. The van der Waals surface area contributed by atoms with E-state index in [-0.39, 0.29) is 0 Å². The topological polar surface area (TPSA) is 50.5 Å². The molecule has 0 aliphatic carbocycles. The minimum absolute atomic E-state index is 0.774. The largest absolute Gasteiger partial charge is 0.255 e. The standard InChI is InChI=1S/C34H24N4/c1-3-19-35-31-9-5-6-10-32(31)37-29(4-2)26-15-11-23-12-16-27(22-28(23)21-26)30-18-17-25-14-13-24-8-7-20-36-33(24)34(25)38-30/h3-22H,1-2H2/b35-19-,37-29+. The molecule has 0 saturated carbocycles. The van der Waals surface area contributed by atoms with Crippen molar-refractivity contribution in [1.82, 2.24) is 9.97 Å². The molecule has 6 aromatic rings. The van der Waals surface area contributed by atoms with Crippen LogP contribution >= 0.6 is 0 Å². The van der Waals surface area contributed by atoms with Gasteiger partial charge in [0.2, 0.25) is 0 Å². The highest BCUT2D eigenvalue weighted by molar-refractivity contribution is 6.12. The molecule has 0 saturated heterocycles. The third kappa shape index (κ3) is 4.40. The van der Waals surface area contributed by atoms with Crippen LogP contribution in [-0.4, -0.2) is 21.9 Å². The molecule has 2 heterocycles. The number of benzene rings is 4. The van der Waals surface area contributed by atoms with Gasteiger partial charge in [-0.2, -0.15) is 0 Å². The SMILES string of the molecule is C=C/C=N\c1ccccc1/N=C(\C=C)c1ccc2ccc(-c3ccc4ccc5cccnc5c4n3)cc2c1. The first kappa shape index (κ1) is 23.2. The summed E-state index contributed by atoms with van der Waals surface area (Å²) in [7, 11) is 0. The van der Waals surface area contributed by atoms with E-state index < -0.39 is 0 Å². The normalized spacial score (nSPS) is 11.9. The summed E-state index contributed by atoms with van der Waals surface area (Å²) in [5, 5.41) is 4.41. The number of hydrogen-bond donors (Lipinski definition) is 0. The summed E-state index contributed by atoms with van der Waals surface area (Å²) >= 11 is 0. The van der Waals surface area contributed by atoms with Gasteiger partial charge in [0, 0.05) is 34.3 Å². The van der Waals surface area contributed by atoms with Gasteiger partial charge in [-0.3, -0.25) is 9.98 Å². The highest BCUT2D eigenvalue weighted by Crippen LogP contribution is 2.30. The van der Waals surface area contributed by atoms with Gasteiger partial charge in [-0.25, -0.2) is 9.98 Å². The fourth-order valence-corrected chi connectivity index (χ4v) is 4.61. The van der Waals surface area contributed by atoms with Crippen LogP contribution in [0.1, 0.15) is 5.56 Å². The van der Waals surface area contributed by atoms with Gasteiger partial charge in [0.15, 0.2) is 0 Å². The van der Waals surface area contributed by atoms with Gasteiger partial charge in [-0.15, -0.1) is 0 Å². The molecular formula is C34H24N4. The molecule has 2 aromatic heterocycles. The Balaban J connectivity index is 1.43. The van der Waals surface area contributed by atoms with Crippen molar-refractivity contribution >= 4 is 55.9 Å². The van der Waals surface area contributed by atoms with Crippen LogP contribution in [0.25, 0.3) is 43.8 Å². The van der Waals surface area contributed by atoms with Crippen LogP contribution in [0.3, 0.4) is 0 Å². The molecule has 0 bridgehead atoms. The number of nitrogens with zero attached hydrogens (tertiary/aromatic N) is 4. The zero-order valence-corrected chi connectivity index (χ0v) is 20.8. The average Bonchev–Trinajstić information content (AvgIpc) is 2.98. The number of aromatic nitrogens is 2. The summed E-state index contributed by atoms with van der Waals surface area (Å²) in [6.45, 7) is 7.73. The van der Waals surface area contributed by atoms with Crippen molar-refractivity contribution in [2.75, 3.05) is 0 Å². The number of fused-ring (bicyclic) bond motifs is 4. The Kier molecular flexibility index (Phi) is 6.12. The average molecular weight is 489 g/mol. The molecule has 0 radical (unpaired) electrons. The molecule has 0 aliphatic rings. The van der Waals surface area contributed by atoms with Gasteiger partial charge in [0.25, 0.3) is 0 Å². The van der Waals surface area contributed by atoms with E-state index in [4.69, 9.17) is 9.98 Å². The summed E-state index contributed by atoms with van der Waals surface area (Å²) in [4.78, 5) is 18.9. The fraction of sp³-hybridized carbons (Fsp3) is 0. The quantitative estimate of drug-likeness (QED) is 0.174. The Hall–Kier alpha value is -5.22. The number of hydrogen-bond acceptors (Lipinski definition) is 4. The van der Waals surface area contributed by atoms with Crippen molar-refractivity contribution in [3.05, 3.63) is 134 Å². The Labute approximate surface area is 221 Å². The second-order valence-electron chi connectivity index (χ2n) is 8.89. The minimum atomic E-state index is 0.774. The molecule has 4 nitrogen and oxygen atoms in total. The van der Waals surface area contributed by atoms with Gasteiger partial charge in [0.1, 0.15) is 0 Å². The Morgan fingerprint density at radius 1 is 0.684 bits per heavy atom. The van der Waals surface area contributed by atoms with Gasteiger partial charge >= 0.3 is 0 Å². The van der Waals surface area contributed by atoms with E-state index in [0.29, 0.717) is 0 Å². The highest BCUT2D eigenvalue weighted by Gasteiger charge is 2.09. The molecular weight excluding hydrogens is 464 g/mol. The van der Waals surface area contributed by atoms with Crippen LogP contribution in [0.15, 0.2) is 139 Å². The lowest BCUT2D eigenvalue weighted by molar-refractivity contribution is 1.37. The molecule has 0 amide bonds. The first-order valence-electron chi connectivity index (χ1n) is 12.4. The molecule has 0 unspecified atom stereocenters. The smallest absolute Gasteiger partial charge is 0.0972 e. The zero-order chi connectivity index (χ0) is 25.9. The number of pyridine rings is 2. The van der Waals surface area contributed by atoms with Gasteiger partial charge in [-0.1, -0.05) is 79.9 Å². The first-order valence-corrected chi connectivity index (χ1v) is 12.4. The second-order valence-corrected chi connectivity index (χ2v) is 8.89. The van der Waals surface area contributed by atoms with Crippen LogP contribution in [-0.2, 0) is 0 Å². The van der Waals surface area contributed by atoms with E-state index in [1.54, 1.807) is 18.4 Å². The molecule has 4 heteroatoms. The lowest BCUT2D eigenvalue weighted by atomic mass is 10.00. The van der Waals surface area contributed by atoms with Crippen LogP contribution in [0.4, 0.5) is 11.4 Å². The predicted molar refractivity (Wildman–Crippen MR) is 161 cm³/mol. The van der Waals surface area contributed by atoms with Gasteiger partial charge < -0.3 is 0 Å². The van der Waals surface area contributed by atoms with Gasteiger partial charge in [-0.05, 0) is 53.2 Å². The number of para-hydroxylation sites is 2. The van der Waals surface area contributed by atoms with Crippen molar-refractivity contribution in [1.29, 1.82) is 0 Å². The lowest BCUT2D eigenvalue weighted by Crippen LogP contribution is -1.96. The van der Waals surface area contributed by atoms with Gasteiger partial charge in [0.05, 0.1) is 33.8 Å². The molecule has 4 aromatic carbocycles. The third-order valence-electron chi connectivity index (χ3n) is 6.50. The van der Waals surface area contributed by atoms with Crippen molar-refractivity contribution in [2.24, 2.45) is 9.98 Å². The maximum atomic E-state index is 5.02. The zero-order valence-electron chi connectivity index (χ0n) is 20.8. The summed E-state index contributed by atoms with van der Waals surface area (Å²) in [6.07, 6.45) is 6.91. The summed E-state index contributed by atoms with van der Waals surface area (Å²) in [5.41, 5.74) is 7.09. The first-order chi connectivity index (χ1) is 18.7. The van der Waals surface area contributed by atoms with Crippen molar-refractivity contribution in [2.45, 2.75) is 0 Å². The van der Waals surface area contributed by atoms with E-state index in [0.717, 1.165) is 66.5 Å². The minimum Gasteiger partial charge on any atom is -0.255 e. The highest BCUT2D eigenvalue weighted by atomic mass is 14.8. The predicted octanol–water partition coefficient (Wildman–Crippen LogP) is 8.80. The van der Waals surface area contributed by atoms with Crippen molar-refractivity contribution in [3.63, 3.8) is 0 Å². The lowest BCUT2D eigenvalue weighted by Gasteiger charge is -2.09. The Morgan fingerprint density at radius 3 is 2.29 bits per heavy atom. The maximum absolute atomic E-state index is 5.02. The van der Waals surface area contributed by atoms with E-state index in [1.807, 2.05) is 36.5 Å². The monoisotopic (exact) mass is 488 g/mol. The van der Waals surface area contributed by atoms with Crippen LogP contribution < -0.4 is 0 Å². The molecule has 0 fully saturated rings. The molecule has 0 spiro atoms. The van der Waals surface area contributed by atoms with Crippen LogP contribution in [0.2, 0.25) is 0 Å². The van der Waals surface area contributed by atoms with Crippen molar-refractivity contribution < 1.29 is 0 Å². The van der Waals surface area contributed by atoms with E-state index >= 15 is 0 Å². The van der Waals surface area contributed by atoms with E-state index in [2.05, 4.69) is 89.9 Å². The van der Waals surface area contributed by atoms with E-state index in [9.17, 15) is 0 Å². The van der Waals surface area contributed by atoms with Crippen molar-refractivity contribution in [3.8, 4) is 11.3 Å². The molecule has 6 rings (SSSR count). The van der Waals surface area contributed by atoms with Crippen LogP contribution in [0, 0.1) is 0 Å². The number of aliphatic imine (C=N–C) groups is 2. The summed E-state index contributed by atoms with van der Waals surface area (Å²) < 4.78 is 0.